The Morgan fingerprint density at radius 1 is 1.21 bits per heavy atom. The van der Waals surface area contributed by atoms with Crippen molar-refractivity contribution in [3.8, 4) is 0 Å². The average molecular weight is 351 g/mol. The summed E-state index contributed by atoms with van der Waals surface area (Å²) in [6.07, 6.45) is 3.02. The monoisotopic (exact) mass is 349 g/mol. The minimum atomic E-state index is -0.497. The first-order chi connectivity index (χ1) is 8.24. The van der Waals surface area contributed by atoms with Crippen LogP contribution in [-0.4, -0.2) is 42.7 Å². The van der Waals surface area contributed by atoms with E-state index in [9.17, 15) is 4.39 Å². The van der Waals surface area contributed by atoms with Crippen LogP contribution in [0.2, 0.25) is 10.0 Å². The topological polar surface area (TPSA) is 28.2 Å². The van der Waals surface area contributed by atoms with Crippen molar-refractivity contribution in [2.75, 3.05) is 32.9 Å². The molecule has 0 aliphatic carbocycles. The maximum absolute atomic E-state index is 13.3. The van der Waals surface area contributed by atoms with Gasteiger partial charge in [0.25, 0.3) is 0 Å². The van der Waals surface area contributed by atoms with Crippen LogP contribution >= 0.6 is 48.0 Å². The number of halogens is 5. The van der Waals surface area contributed by atoms with Crippen molar-refractivity contribution in [2.45, 2.75) is 6.04 Å². The summed E-state index contributed by atoms with van der Waals surface area (Å²) in [6, 6.07) is -0.375. The first-order valence-electron chi connectivity index (χ1n) is 5.53. The second kappa shape index (κ2) is 9.16. The third kappa shape index (κ3) is 4.59. The van der Waals surface area contributed by atoms with E-state index in [4.69, 9.17) is 23.2 Å². The smallest absolute Gasteiger partial charge is 0.109 e. The van der Waals surface area contributed by atoms with Crippen molar-refractivity contribution in [3.05, 3.63) is 28.0 Å². The molecule has 1 N–H and O–H groups in total. The van der Waals surface area contributed by atoms with Crippen LogP contribution in [-0.2, 0) is 0 Å². The predicted molar refractivity (Wildman–Crippen MR) is 81.9 cm³/mol. The van der Waals surface area contributed by atoms with Crippen LogP contribution < -0.4 is 5.32 Å². The number of alkyl halides is 1. The van der Waals surface area contributed by atoms with Gasteiger partial charge in [0.2, 0.25) is 0 Å². The zero-order valence-electron chi connectivity index (χ0n) is 10.1. The van der Waals surface area contributed by atoms with Gasteiger partial charge in [-0.2, -0.15) is 0 Å². The Morgan fingerprint density at radius 2 is 1.74 bits per heavy atom. The molecule has 1 aliphatic rings. The summed E-state index contributed by atoms with van der Waals surface area (Å²) >= 11 is 12.1. The molecular weight excluding hydrogens is 335 g/mol. The van der Waals surface area contributed by atoms with Gasteiger partial charge < -0.3 is 5.32 Å². The van der Waals surface area contributed by atoms with Crippen molar-refractivity contribution in [1.29, 1.82) is 0 Å². The summed E-state index contributed by atoms with van der Waals surface area (Å²) in [7, 11) is 0. The highest BCUT2D eigenvalue weighted by Gasteiger charge is 2.26. The van der Waals surface area contributed by atoms with E-state index in [2.05, 4.69) is 15.2 Å². The summed E-state index contributed by atoms with van der Waals surface area (Å²) in [5.41, 5.74) is 0.646. The molecule has 1 atom stereocenters. The molecule has 0 spiro atoms. The van der Waals surface area contributed by atoms with Crippen molar-refractivity contribution < 1.29 is 4.39 Å². The minimum absolute atomic E-state index is 0. The Kier molecular flexibility index (Phi) is 9.24. The Morgan fingerprint density at radius 3 is 2.21 bits per heavy atom. The van der Waals surface area contributed by atoms with Gasteiger partial charge in [-0.25, -0.2) is 4.39 Å². The molecule has 0 aromatic carbocycles. The molecular formula is C11H16Cl4FN3. The highest BCUT2D eigenvalue weighted by Crippen LogP contribution is 2.33. The van der Waals surface area contributed by atoms with Crippen LogP contribution in [0.1, 0.15) is 11.6 Å². The van der Waals surface area contributed by atoms with Gasteiger partial charge in [0, 0.05) is 44.1 Å². The summed E-state index contributed by atoms with van der Waals surface area (Å²) in [5, 5.41) is 4.09. The molecule has 2 heterocycles. The lowest BCUT2D eigenvalue weighted by Crippen LogP contribution is -2.45. The lowest BCUT2D eigenvalue weighted by atomic mass is 10.1. The number of rotatable bonds is 3. The van der Waals surface area contributed by atoms with Crippen LogP contribution in [0, 0.1) is 0 Å². The second-order valence-corrected chi connectivity index (χ2v) is 4.79. The number of nitrogens with zero attached hydrogens (tertiary/aromatic N) is 2. The Bertz CT molecular complexity index is 368. The fourth-order valence-electron chi connectivity index (χ4n) is 2.09. The van der Waals surface area contributed by atoms with E-state index < -0.39 is 6.67 Å². The number of pyridine rings is 1. The molecule has 3 nitrogen and oxygen atoms in total. The molecule has 0 saturated carbocycles. The van der Waals surface area contributed by atoms with E-state index in [1.165, 1.54) is 12.4 Å². The molecule has 1 aliphatic heterocycles. The maximum Gasteiger partial charge on any atom is 0.109 e. The van der Waals surface area contributed by atoms with E-state index in [0.717, 1.165) is 26.2 Å². The predicted octanol–water partition coefficient (Wildman–Crippen LogP) is 3.15. The summed E-state index contributed by atoms with van der Waals surface area (Å²) in [4.78, 5) is 5.95. The van der Waals surface area contributed by atoms with Gasteiger partial charge in [-0.15, -0.1) is 24.8 Å². The molecule has 2 rings (SSSR count). The van der Waals surface area contributed by atoms with Crippen LogP contribution in [0.4, 0.5) is 4.39 Å². The molecule has 1 aromatic heterocycles. The molecule has 1 aromatic rings. The molecule has 19 heavy (non-hydrogen) atoms. The zero-order chi connectivity index (χ0) is 12.3. The van der Waals surface area contributed by atoms with Gasteiger partial charge in [0.1, 0.15) is 6.67 Å². The number of aromatic nitrogens is 1. The Balaban J connectivity index is 0.00000162. The van der Waals surface area contributed by atoms with Gasteiger partial charge in [0.05, 0.1) is 16.1 Å². The molecule has 0 bridgehead atoms. The van der Waals surface area contributed by atoms with E-state index >= 15 is 0 Å². The first kappa shape index (κ1) is 19.2. The standard InChI is InChI=1S/C11H14Cl2FN3.2ClH/c12-8-6-16-7-9(13)11(8)10(5-14)17-3-1-15-2-4-17;;/h6-7,10,15H,1-5H2;2*1H/t10-;;/m1../s1. The SMILES string of the molecule is Cl.Cl.FC[C@H](c1c(Cl)cncc1Cl)N1CCNCC1. The van der Waals surface area contributed by atoms with E-state index in [1.807, 2.05) is 0 Å². The number of hydrogen-bond acceptors (Lipinski definition) is 3. The highest BCUT2D eigenvalue weighted by atomic mass is 35.5. The number of piperazine rings is 1. The zero-order valence-corrected chi connectivity index (χ0v) is 13.3. The fraction of sp³-hybridized carbons (Fsp3) is 0.545. The lowest BCUT2D eigenvalue weighted by Gasteiger charge is -2.34. The molecule has 1 fully saturated rings. The van der Waals surface area contributed by atoms with Crippen molar-refractivity contribution >= 4 is 48.0 Å². The first-order valence-corrected chi connectivity index (χ1v) is 6.29. The maximum atomic E-state index is 13.3. The molecule has 8 heteroatoms. The van der Waals surface area contributed by atoms with Crippen molar-refractivity contribution in [2.24, 2.45) is 0 Å². The average Bonchev–Trinajstić information content (AvgIpc) is 2.35. The van der Waals surface area contributed by atoms with Crippen molar-refractivity contribution in [3.63, 3.8) is 0 Å². The lowest BCUT2D eigenvalue weighted by molar-refractivity contribution is 0.147. The summed E-state index contributed by atoms with van der Waals surface area (Å²) in [6.45, 7) is 2.81. The van der Waals surface area contributed by atoms with Crippen molar-refractivity contribution in [1.82, 2.24) is 15.2 Å². The Hall–Kier alpha value is 0.160. The molecule has 0 unspecified atom stereocenters. The largest absolute Gasteiger partial charge is 0.314 e. The van der Waals surface area contributed by atoms with E-state index in [0.29, 0.717) is 15.6 Å². The van der Waals surface area contributed by atoms with Crippen LogP contribution in [0.3, 0.4) is 0 Å². The molecule has 1 saturated heterocycles. The molecule has 0 amide bonds. The van der Waals surface area contributed by atoms with E-state index in [1.54, 1.807) is 0 Å². The van der Waals surface area contributed by atoms with Gasteiger partial charge in [-0.3, -0.25) is 9.88 Å². The third-order valence-electron chi connectivity index (χ3n) is 2.96. The number of nitrogens with one attached hydrogen (secondary N) is 1. The van der Waals surface area contributed by atoms with E-state index in [-0.39, 0.29) is 30.9 Å². The fourth-order valence-corrected chi connectivity index (χ4v) is 2.71. The van der Waals surface area contributed by atoms with Crippen LogP contribution in [0.25, 0.3) is 0 Å². The summed E-state index contributed by atoms with van der Waals surface area (Å²) < 4.78 is 13.3. The van der Waals surface area contributed by atoms with Gasteiger partial charge >= 0.3 is 0 Å². The second-order valence-electron chi connectivity index (χ2n) is 3.97. The normalized spacial score (nSPS) is 17.2. The van der Waals surface area contributed by atoms with Gasteiger partial charge in [-0.05, 0) is 0 Å². The quantitative estimate of drug-likeness (QED) is 0.907. The van der Waals surface area contributed by atoms with Crippen LogP contribution in [0.5, 0.6) is 0 Å². The van der Waals surface area contributed by atoms with Gasteiger partial charge in [-0.1, -0.05) is 23.2 Å². The van der Waals surface area contributed by atoms with Crippen LogP contribution in [0.15, 0.2) is 12.4 Å². The summed E-state index contributed by atoms with van der Waals surface area (Å²) in [5.74, 6) is 0. The minimum Gasteiger partial charge on any atom is -0.314 e. The molecule has 110 valence electrons. The van der Waals surface area contributed by atoms with Gasteiger partial charge in [0.15, 0.2) is 0 Å². The Labute approximate surface area is 134 Å². The molecule has 0 radical (unpaired) electrons. The number of hydrogen-bond donors (Lipinski definition) is 1. The third-order valence-corrected chi connectivity index (χ3v) is 3.56. The highest BCUT2D eigenvalue weighted by molar-refractivity contribution is 6.35.